The summed E-state index contributed by atoms with van der Waals surface area (Å²) in [5, 5.41) is 2.88. The predicted molar refractivity (Wildman–Crippen MR) is 111 cm³/mol. The molecule has 1 aliphatic rings. The van der Waals surface area contributed by atoms with Crippen LogP contribution in [0.5, 0.6) is 17.2 Å². The maximum absolute atomic E-state index is 12.6. The number of carbonyl (C=O) groups excluding carboxylic acids is 1. The van der Waals surface area contributed by atoms with E-state index in [9.17, 15) is 4.79 Å². The molecule has 7 heteroatoms. The molecule has 1 heterocycles. The van der Waals surface area contributed by atoms with Crippen molar-refractivity contribution < 1.29 is 19.0 Å². The van der Waals surface area contributed by atoms with Crippen molar-refractivity contribution >= 4 is 18.3 Å². The molecule has 0 spiro atoms. The Morgan fingerprint density at radius 1 is 1.14 bits per heavy atom. The van der Waals surface area contributed by atoms with Gasteiger partial charge in [0.05, 0.1) is 7.11 Å². The Hall–Kier alpha value is -2.44. The fourth-order valence-electron chi connectivity index (χ4n) is 2.95. The zero-order chi connectivity index (χ0) is 19.4. The first-order valence-corrected chi connectivity index (χ1v) is 9.11. The van der Waals surface area contributed by atoms with Crippen LogP contribution >= 0.6 is 12.4 Å². The molecule has 1 unspecified atom stereocenters. The lowest BCUT2D eigenvalue weighted by Gasteiger charge is -2.21. The van der Waals surface area contributed by atoms with Crippen LogP contribution in [0.4, 0.5) is 0 Å². The summed E-state index contributed by atoms with van der Waals surface area (Å²) in [6.45, 7) is 5.53. The number of methoxy groups -OCH3 is 1. The summed E-state index contributed by atoms with van der Waals surface area (Å²) in [6.07, 6.45) is 0. The third-order valence-corrected chi connectivity index (χ3v) is 4.60. The number of carbonyl (C=O) groups is 1. The average molecular weight is 407 g/mol. The second kappa shape index (κ2) is 9.66. The van der Waals surface area contributed by atoms with E-state index in [-0.39, 0.29) is 24.4 Å². The van der Waals surface area contributed by atoms with Gasteiger partial charge >= 0.3 is 0 Å². The Bertz CT molecular complexity index is 792. The maximum Gasteiger partial charge on any atom is 0.251 e. The highest BCUT2D eigenvalue weighted by Gasteiger charge is 2.21. The van der Waals surface area contributed by atoms with Gasteiger partial charge in [0, 0.05) is 18.2 Å². The summed E-state index contributed by atoms with van der Waals surface area (Å²) in [4.78, 5) is 12.6. The van der Waals surface area contributed by atoms with E-state index in [1.165, 1.54) is 12.7 Å². The highest BCUT2D eigenvalue weighted by atomic mass is 35.5. The minimum Gasteiger partial charge on any atom is -0.493 e. The second-order valence-corrected chi connectivity index (χ2v) is 6.84. The van der Waals surface area contributed by atoms with Crippen LogP contribution in [-0.2, 0) is 0 Å². The van der Waals surface area contributed by atoms with Crippen molar-refractivity contribution in [1.29, 1.82) is 0 Å². The molecular weight excluding hydrogens is 380 g/mol. The fourth-order valence-corrected chi connectivity index (χ4v) is 2.95. The number of amides is 1. The molecule has 0 fully saturated rings. The molecular formula is C21H27ClN2O4. The third kappa shape index (κ3) is 4.88. The molecule has 152 valence electrons. The molecule has 1 atom stereocenters. The number of nitrogens with one attached hydrogen (secondary N) is 1. The topological polar surface area (TPSA) is 82.8 Å². The molecule has 3 N–H and O–H groups in total. The highest BCUT2D eigenvalue weighted by Crippen LogP contribution is 2.40. The first-order chi connectivity index (χ1) is 13.0. The minimum absolute atomic E-state index is 0. The number of hydrogen-bond donors (Lipinski definition) is 2. The van der Waals surface area contributed by atoms with Crippen molar-refractivity contribution in [2.75, 3.05) is 26.9 Å². The molecule has 2 aromatic carbocycles. The Balaban J connectivity index is 0.00000280. The lowest BCUT2D eigenvalue weighted by molar-refractivity contribution is 0.0949. The van der Waals surface area contributed by atoms with Gasteiger partial charge in [-0.3, -0.25) is 4.79 Å². The lowest BCUT2D eigenvalue weighted by Crippen LogP contribution is -2.32. The van der Waals surface area contributed by atoms with E-state index in [1.807, 2.05) is 12.1 Å². The monoisotopic (exact) mass is 406 g/mol. The Morgan fingerprint density at radius 3 is 2.43 bits per heavy atom. The number of nitrogens with two attached hydrogens (primary N) is 1. The van der Waals surface area contributed by atoms with Crippen LogP contribution in [0.3, 0.4) is 0 Å². The zero-order valence-corrected chi connectivity index (χ0v) is 17.2. The fraction of sp³-hybridized carbons (Fsp3) is 0.381. The second-order valence-electron chi connectivity index (χ2n) is 6.84. The number of rotatable bonds is 6. The molecule has 0 aliphatic carbocycles. The summed E-state index contributed by atoms with van der Waals surface area (Å²) < 4.78 is 16.5. The van der Waals surface area contributed by atoms with Crippen LogP contribution in [0.2, 0.25) is 0 Å². The highest BCUT2D eigenvalue weighted by molar-refractivity contribution is 5.95. The summed E-state index contributed by atoms with van der Waals surface area (Å²) in [5.41, 5.74) is 8.92. The quantitative estimate of drug-likeness (QED) is 0.767. The molecule has 2 aromatic rings. The van der Waals surface area contributed by atoms with Gasteiger partial charge in [0.1, 0.15) is 13.2 Å². The van der Waals surface area contributed by atoms with Gasteiger partial charge in [0.15, 0.2) is 11.5 Å². The van der Waals surface area contributed by atoms with Crippen molar-refractivity contribution in [3.8, 4) is 17.2 Å². The number of halogens is 1. The molecule has 0 saturated carbocycles. The molecule has 3 rings (SSSR count). The molecule has 1 aliphatic heterocycles. The Morgan fingerprint density at radius 2 is 1.79 bits per heavy atom. The first-order valence-electron chi connectivity index (χ1n) is 9.11. The average Bonchev–Trinajstić information content (AvgIpc) is 2.70. The number of fused-ring (bicyclic) bond motifs is 1. The Labute approximate surface area is 171 Å². The van der Waals surface area contributed by atoms with E-state index in [1.54, 1.807) is 12.1 Å². The van der Waals surface area contributed by atoms with E-state index >= 15 is 0 Å². The molecule has 0 aromatic heterocycles. The van der Waals surface area contributed by atoms with Crippen LogP contribution in [0, 0.1) is 0 Å². The summed E-state index contributed by atoms with van der Waals surface area (Å²) in [5.74, 6) is 1.76. The molecule has 0 radical (unpaired) electrons. The standard InChI is InChI=1S/C21H26N2O4.ClH/c1-13(2)14-4-6-15(7-5-14)17(22)12-23-21(24)16-10-18(25-3)20-19(11-16)26-8-9-27-20;/h4-7,10-11,13,17H,8-9,12,22H2,1-3H3,(H,23,24);1H. The maximum atomic E-state index is 12.6. The van der Waals surface area contributed by atoms with Gasteiger partial charge in [0.25, 0.3) is 5.91 Å². The van der Waals surface area contributed by atoms with E-state index in [4.69, 9.17) is 19.9 Å². The van der Waals surface area contributed by atoms with Gasteiger partial charge in [-0.1, -0.05) is 38.1 Å². The molecule has 28 heavy (non-hydrogen) atoms. The summed E-state index contributed by atoms with van der Waals surface area (Å²) in [7, 11) is 1.53. The van der Waals surface area contributed by atoms with E-state index in [2.05, 4.69) is 31.3 Å². The zero-order valence-electron chi connectivity index (χ0n) is 16.4. The van der Waals surface area contributed by atoms with E-state index < -0.39 is 0 Å². The van der Waals surface area contributed by atoms with Crippen LogP contribution in [0.15, 0.2) is 36.4 Å². The van der Waals surface area contributed by atoms with Gasteiger partial charge in [-0.15, -0.1) is 12.4 Å². The van der Waals surface area contributed by atoms with Crippen LogP contribution in [0.1, 0.15) is 47.3 Å². The first kappa shape index (κ1) is 21.9. The molecule has 6 nitrogen and oxygen atoms in total. The van der Waals surface area contributed by atoms with Gasteiger partial charge < -0.3 is 25.3 Å². The number of benzene rings is 2. The number of hydrogen-bond acceptors (Lipinski definition) is 5. The van der Waals surface area contributed by atoms with Crippen LogP contribution < -0.4 is 25.3 Å². The SMILES string of the molecule is COc1cc(C(=O)NCC(N)c2ccc(C(C)C)cc2)cc2c1OCCO2.Cl. The predicted octanol–water partition coefficient (Wildman–Crippen LogP) is 3.44. The van der Waals surface area contributed by atoms with E-state index in [0.29, 0.717) is 48.5 Å². The van der Waals surface area contributed by atoms with Crippen molar-refractivity contribution in [1.82, 2.24) is 5.32 Å². The smallest absolute Gasteiger partial charge is 0.251 e. The summed E-state index contributed by atoms with van der Waals surface area (Å²) in [6, 6.07) is 11.2. The van der Waals surface area contributed by atoms with E-state index in [0.717, 1.165) is 5.56 Å². The van der Waals surface area contributed by atoms with Gasteiger partial charge in [-0.2, -0.15) is 0 Å². The normalized spacial score (nSPS) is 13.5. The van der Waals surface area contributed by atoms with Gasteiger partial charge in [0.2, 0.25) is 5.75 Å². The lowest BCUT2D eigenvalue weighted by atomic mass is 9.99. The largest absolute Gasteiger partial charge is 0.493 e. The molecule has 0 saturated heterocycles. The van der Waals surface area contributed by atoms with Crippen molar-refractivity contribution in [3.63, 3.8) is 0 Å². The van der Waals surface area contributed by atoms with Crippen LogP contribution in [0.25, 0.3) is 0 Å². The van der Waals surface area contributed by atoms with Gasteiger partial charge in [-0.05, 0) is 29.2 Å². The molecule has 0 bridgehead atoms. The van der Waals surface area contributed by atoms with Crippen LogP contribution in [-0.4, -0.2) is 32.8 Å². The van der Waals surface area contributed by atoms with Crippen molar-refractivity contribution in [2.24, 2.45) is 5.73 Å². The number of ether oxygens (including phenoxy) is 3. The summed E-state index contributed by atoms with van der Waals surface area (Å²) >= 11 is 0. The molecule has 1 amide bonds. The minimum atomic E-state index is -0.283. The van der Waals surface area contributed by atoms with Crippen molar-refractivity contribution in [3.05, 3.63) is 53.1 Å². The third-order valence-electron chi connectivity index (χ3n) is 4.60. The van der Waals surface area contributed by atoms with Gasteiger partial charge in [-0.25, -0.2) is 0 Å². The van der Waals surface area contributed by atoms with Crippen molar-refractivity contribution in [2.45, 2.75) is 25.8 Å². The Kier molecular flexibility index (Phi) is 7.54.